The summed E-state index contributed by atoms with van der Waals surface area (Å²) in [7, 11) is 0. The van der Waals surface area contributed by atoms with E-state index in [9.17, 15) is 0 Å². The van der Waals surface area contributed by atoms with E-state index in [0.29, 0.717) is 6.54 Å². The Kier molecular flexibility index (Phi) is 3.12. The number of aromatic nitrogens is 2. The van der Waals surface area contributed by atoms with Crippen molar-refractivity contribution in [3.8, 4) is 11.3 Å². The van der Waals surface area contributed by atoms with Crippen molar-refractivity contribution in [2.75, 3.05) is 6.54 Å². The summed E-state index contributed by atoms with van der Waals surface area (Å²) >= 11 is 1.72. The molecule has 0 unspecified atom stereocenters. The van der Waals surface area contributed by atoms with Crippen molar-refractivity contribution in [2.45, 2.75) is 20.3 Å². The monoisotopic (exact) mass is 271 g/mol. The van der Waals surface area contributed by atoms with Gasteiger partial charge < -0.3 is 5.73 Å². The molecule has 0 aliphatic rings. The number of hydrogen-bond donors (Lipinski definition) is 1. The molecule has 0 aliphatic heterocycles. The van der Waals surface area contributed by atoms with E-state index in [2.05, 4.69) is 48.7 Å². The molecule has 0 saturated carbocycles. The van der Waals surface area contributed by atoms with Crippen molar-refractivity contribution >= 4 is 16.3 Å². The number of aryl methyl sites for hydroxylation is 2. The van der Waals surface area contributed by atoms with Crippen LogP contribution in [0, 0.1) is 13.8 Å². The van der Waals surface area contributed by atoms with E-state index in [4.69, 9.17) is 10.7 Å². The number of rotatable bonds is 3. The van der Waals surface area contributed by atoms with Gasteiger partial charge in [-0.05, 0) is 20.4 Å². The van der Waals surface area contributed by atoms with E-state index in [1.807, 2.05) is 0 Å². The lowest BCUT2D eigenvalue weighted by Gasteiger charge is -2.03. The fourth-order valence-electron chi connectivity index (χ4n) is 2.32. The highest BCUT2D eigenvalue weighted by atomic mass is 32.1. The second kappa shape index (κ2) is 4.79. The van der Waals surface area contributed by atoms with E-state index >= 15 is 0 Å². The van der Waals surface area contributed by atoms with Gasteiger partial charge in [0.25, 0.3) is 0 Å². The van der Waals surface area contributed by atoms with E-state index in [1.165, 1.54) is 21.7 Å². The molecule has 0 bridgehead atoms. The number of imidazole rings is 1. The number of nitrogens with zero attached hydrogens (tertiary/aromatic N) is 2. The summed E-state index contributed by atoms with van der Waals surface area (Å²) in [5, 5.41) is 0. The van der Waals surface area contributed by atoms with Gasteiger partial charge in [0, 0.05) is 23.1 Å². The summed E-state index contributed by atoms with van der Waals surface area (Å²) in [6.45, 7) is 4.85. The van der Waals surface area contributed by atoms with E-state index in [1.54, 1.807) is 11.3 Å². The fourth-order valence-corrected chi connectivity index (χ4v) is 3.16. The van der Waals surface area contributed by atoms with Crippen LogP contribution in [-0.4, -0.2) is 15.9 Å². The standard InChI is InChI=1S/C15H17N3S/c1-10-3-5-12(6-4-10)14-13(7-8-16)18-9-11(2)19-15(18)17-14/h3-6,9H,7-8,16H2,1-2H3. The van der Waals surface area contributed by atoms with Gasteiger partial charge in [-0.3, -0.25) is 4.40 Å². The molecule has 3 aromatic rings. The van der Waals surface area contributed by atoms with Gasteiger partial charge in [0.15, 0.2) is 4.96 Å². The molecular formula is C15H17N3S. The molecule has 0 amide bonds. The van der Waals surface area contributed by atoms with Crippen LogP contribution in [0.25, 0.3) is 16.2 Å². The first-order valence-corrected chi connectivity index (χ1v) is 7.25. The fraction of sp³-hybridized carbons (Fsp3) is 0.267. The van der Waals surface area contributed by atoms with Crippen molar-refractivity contribution in [3.05, 3.63) is 46.6 Å². The van der Waals surface area contributed by atoms with E-state index < -0.39 is 0 Å². The molecule has 0 atom stereocenters. The smallest absolute Gasteiger partial charge is 0.194 e. The molecule has 2 heterocycles. The number of hydrogen-bond acceptors (Lipinski definition) is 3. The summed E-state index contributed by atoms with van der Waals surface area (Å²) in [6, 6.07) is 8.52. The predicted molar refractivity (Wildman–Crippen MR) is 80.7 cm³/mol. The first-order chi connectivity index (χ1) is 9.19. The number of nitrogens with two attached hydrogens (primary N) is 1. The Morgan fingerprint density at radius 2 is 1.95 bits per heavy atom. The SMILES string of the molecule is Cc1ccc(-c2nc3sc(C)cn3c2CCN)cc1. The van der Waals surface area contributed by atoms with Gasteiger partial charge in [-0.15, -0.1) is 11.3 Å². The lowest BCUT2D eigenvalue weighted by atomic mass is 10.1. The maximum absolute atomic E-state index is 5.75. The first kappa shape index (κ1) is 12.4. The van der Waals surface area contributed by atoms with Crippen LogP contribution in [0.5, 0.6) is 0 Å². The molecule has 0 aliphatic carbocycles. The maximum atomic E-state index is 5.75. The van der Waals surface area contributed by atoms with Crippen LogP contribution >= 0.6 is 11.3 Å². The average Bonchev–Trinajstić information content (AvgIpc) is 2.89. The number of thiazole rings is 1. The minimum Gasteiger partial charge on any atom is -0.330 e. The Morgan fingerprint density at radius 1 is 1.21 bits per heavy atom. The molecular weight excluding hydrogens is 254 g/mol. The third kappa shape index (κ3) is 2.17. The van der Waals surface area contributed by atoms with Gasteiger partial charge in [-0.25, -0.2) is 4.98 Å². The molecule has 0 saturated heterocycles. The van der Waals surface area contributed by atoms with Crippen molar-refractivity contribution < 1.29 is 0 Å². The zero-order chi connectivity index (χ0) is 13.4. The molecule has 2 aromatic heterocycles. The average molecular weight is 271 g/mol. The van der Waals surface area contributed by atoms with Crippen molar-refractivity contribution in [2.24, 2.45) is 5.73 Å². The zero-order valence-electron chi connectivity index (χ0n) is 11.2. The molecule has 4 heteroatoms. The van der Waals surface area contributed by atoms with Crippen molar-refractivity contribution in [3.63, 3.8) is 0 Å². The summed E-state index contributed by atoms with van der Waals surface area (Å²) < 4.78 is 2.18. The molecule has 0 spiro atoms. The number of fused-ring (bicyclic) bond motifs is 1. The molecule has 19 heavy (non-hydrogen) atoms. The predicted octanol–water partition coefficient (Wildman–Crippen LogP) is 3.18. The zero-order valence-corrected chi connectivity index (χ0v) is 12.0. The Hall–Kier alpha value is -1.65. The Morgan fingerprint density at radius 3 is 2.63 bits per heavy atom. The molecule has 1 aromatic carbocycles. The van der Waals surface area contributed by atoms with E-state index in [-0.39, 0.29) is 0 Å². The summed E-state index contributed by atoms with van der Waals surface area (Å²) in [5.74, 6) is 0. The molecule has 3 nitrogen and oxygen atoms in total. The molecule has 3 rings (SSSR count). The highest BCUT2D eigenvalue weighted by Gasteiger charge is 2.14. The molecule has 98 valence electrons. The van der Waals surface area contributed by atoms with Crippen LogP contribution in [0.2, 0.25) is 0 Å². The summed E-state index contributed by atoms with van der Waals surface area (Å²) in [5.41, 5.74) is 10.5. The molecule has 0 fully saturated rings. The van der Waals surface area contributed by atoms with Gasteiger partial charge in [0.2, 0.25) is 0 Å². The normalized spacial score (nSPS) is 11.3. The maximum Gasteiger partial charge on any atom is 0.194 e. The second-order valence-corrected chi connectivity index (χ2v) is 6.02. The largest absolute Gasteiger partial charge is 0.330 e. The second-order valence-electron chi connectivity index (χ2n) is 4.81. The van der Waals surface area contributed by atoms with Crippen LogP contribution in [0.15, 0.2) is 30.5 Å². The minimum absolute atomic E-state index is 0.640. The van der Waals surface area contributed by atoms with E-state index in [0.717, 1.165) is 17.1 Å². The number of benzene rings is 1. The minimum atomic E-state index is 0.640. The highest BCUT2D eigenvalue weighted by Crippen LogP contribution is 2.28. The summed E-state index contributed by atoms with van der Waals surface area (Å²) in [6.07, 6.45) is 3.00. The highest BCUT2D eigenvalue weighted by molar-refractivity contribution is 7.17. The van der Waals surface area contributed by atoms with Crippen LogP contribution < -0.4 is 5.73 Å². The van der Waals surface area contributed by atoms with Gasteiger partial charge in [0.1, 0.15) is 0 Å². The summed E-state index contributed by atoms with van der Waals surface area (Å²) in [4.78, 5) is 7.10. The quantitative estimate of drug-likeness (QED) is 0.795. The van der Waals surface area contributed by atoms with Crippen molar-refractivity contribution in [1.29, 1.82) is 0 Å². The van der Waals surface area contributed by atoms with Gasteiger partial charge >= 0.3 is 0 Å². The van der Waals surface area contributed by atoms with Gasteiger partial charge in [-0.1, -0.05) is 29.8 Å². The van der Waals surface area contributed by atoms with Crippen LogP contribution in [0.4, 0.5) is 0 Å². The van der Waals surface area contributed by atoms with Crippen molar-refractivity contribution in [1.82, 2.24) is 9.38 Å². The lowest BCUT2D eigenvalue weighted by molar-refractivity contribution is 0.910. The lowest BCUT2D eigenvalue weighted by Crippen LogP contribution is -2.05. The van der Waals surface area contributed by atoms with Crippen LogP contribution in [0.3, 0.4) is 0 Å². The molecule has 2 N–H and O–H groups in total. The Labute approximate surface area is 116 Å². The Bertz CT molecular complexity index is 707. The topological polar surface area (TPSA) is 43.3 Å². The molecule has 0 radical (unpaired) electrons. The van der Waals surface area contributed by atoms with Crippen LogP contribution in [-0.2, 0) is 6.42 Å². The first-order valence-electron chi connectivity index (χ1n) is 6.43. The van der Waals surface area contributed by atoms with Gasteiger partial charge in [0.05, 0.1) is 11.4 Å². The Balaban J connectivity index is 2.19. The van der Waals surface area contributed by atoms with Crippen LogP contribution in [0.1, 0.15) is 16.1 Å². The third-order valence-electron chi connectivity index (χ3n) is 3.25. The van der Waals surface area contributed by atoms with Gasteiger partial charge in [-0.2, -0.15) is 0 Å². The third-order valence-corrected chi connectivity index (χ3v) is 4.14.